The van der Waals surface area contributed by atoms with Crippen LogP contribution in [-0.4, -0.2) is 57.9 Å². The highest BCUT2D eigenvalue weighted by Crippen LogP contribution is 2.15. The SMILES string of the molecule is CCOC(=O)c1c(C)[nH]n2c(=O)cc(CN3CCOC[C@@H]3C)nc12. The van der Waals surface area contributed by atoms with Crippen LogP contribution in [0.3, 0.4) is 0 Å². The second kappa shape index (κ2) is 6.74. The van der Waals surface area contributed by atoms with Crippen molar-refractivity contribution in [2.45, 2.75) is 33.4 Å². The molecule has 3 rings (SSSR count). The molecule has 2 aromatic rings. The van der Waals surface area contributed by atoms with Crippen LogP contribution in [0.1, 0.15) is 35.6 Å². The fourth-order valence-corrected chi connectivity index (χ4v) is 2.93. The zero-order valence-electron chi connectivity index (χ0n) is 14.2. The van der Waals surface area contributed by atoms with E-state index >= 15 is 0 Å². The Morgan fingerprint density at radius 2 is 2.33 bits per heavy atom. The molecule has 1 fully saturated rings. The first-order valence-corrected chi connectivity index (χ1v) is 8.11. The third-order valence-corrected chi connectivity index (χ3v) is 4.20. The molecule has 0 spiro atoms. The highest BCUT2D eigenvalue weighted by molar-refractivity contribution is 5.97. The molecule has 8 nitrogen and oxygen atoms in total. The molecule has 0 bridgehead atoms. The Hall–Kier alpha value is -2.19. The van der Waals surface area contributed by atoms with E-state index in [0.29, 0.717) is 42.4 Å². The first-order valence-electron chi connectivity index (χ1n) is 8.11. The van der Waals surface area contributed by atoms with Gasteiger partial charge >= 0.3 is 5.97 Å². The van der Waals surface area contributed by atoms with Crippen LogP contribution in [0.5, 0.6) is 0 Å². The lowest BCUT2D eigenvalue weighted by molar-refractivity contribution is -0.00490. The maximum absolute atomic E-state index is 12.4. The Balaban J connectivity index is 2.00. The van der Waals surface area contributed by atoms with Gasteiger partial charge in [-0.25, -0.2) is 14.3 Å². The van der Waals surface area contributed by atoms with Gasteiger partial charge in [0.25, 0.3) is 5.56 Å². The summed E-state index contributed by atoms with van der Waals surface area (Å²) in [4.78, 5) is 31.3. The Labute approximate surface area is 139 Å². The average molecular weight is 334 g/mol. The number of aromatic nitrogens is 3. The molecule has 1 aliphatic heterocycles. The molecule has 1 aliphatic rings. The van der Waals surface area contributed by atoms with E-state index in [9.17, 15) is 9.59 Å². The van der Waals surface area contributed by atoms with Crippen molar-refractivity contribution < 1.29 is 14.3 Å². The third-order valence-electron chi connectivity index (χ3n) is 4.20. The normalized spacial score (nSPS) is 18.9. The van der Waals surface area contributed by atoms with Gasteiger partial charge in [-0.3, -0.25) is 14.8 Å². The molecule has 1 N–H and O–H groups in total. The predicted octanol–water partition coefficient (Wildman–Crippen LogP) is 0.728. The first-order chi connectivity index (χ1) is 11.5. The lowest BCUT2D eigenvalue weighted by Gasteiger charge is -2.32. The molecule has 24 heavy (non-hydrogen) atoms. The highest BCUT2D eigenvalue weighted by atomic mass is 16.5. The van der Waals surface area contributed by atoms with Crippen LogP contribution in [0.2, 0.25) is 0 Å². The van der Waals surface area contributed by atoms with E-state index < -0.39 is 5.97 Å². The summed E-state index contributed by atoms with van der Waals surface area (Å²) in [6.45, 7) is 8.49. The largest absolute Gasteiger partial charge is 0.462 e. The fraction of sp³-hybridized carbons (Fsp3) is 0.562. The quantitative estimate of drug-likeness (QED) is 0.829. The molecule has 0 saturated carbocycles. The number of nitrogens with zero attached hydrogens (tertiary/aromatic N) is 3. The van der Waals surface area contributed by atoms with Crippen LogP contribution in [-0.2, 0) is 16.0 Å². The molecule has 1 saturated heterocycles. The summed E-state index contributed by atoms with van der Waals surface area (Å²) < 4.78 is 11.8. The van der Waals surface area contributed by atoms with Crippen molar-refractivity contribution in [3.8, 4) is 0 Å². The summed E-state index contributed by atoms with van der Waals surface area (Å²) in [5.41, 5.74) is 1.59. The molecule has 3 heterocycles. The zero-order chi connectivity index (χ0) is 17.3. The standard InChI is InChI=1S/C16H22N4O4/c1-4-24-16(22)14-11(3)18-20-13(21)7-12(17-15(14)20)8-19-5-6-23-9-10(19)2/h7,10,18H,4-6,8-9H2,1-3H3/t10-/m0/s1. The Kier molecular flexibility index (Phi) is 4.68. The summed E-state index contributed by atoms with van der Waals surface area (Å²) in [5, 5.41) is 2.88. The van der Waals surface area contributed by atoms with E-state index in [-0.39, 0.29) is 18.2 Å². The summed E-state index contributed by atoms with van der Waals surface area (Å²) in [6.07, 6.45) is 0. The molecule has 0 unspecified atom stereocenters. The Morgan fingerprint density at radius 1 is 1.54 bits per heavy atom. The number of hydrogen-bond donors (Lipinski definition) is 1. The van der Waals surface area contributed by atoms with Crippen molar-refractivity contribution in [2.24, 2.45) is 0 Å². The van der Waals surface area contributed by atoms with Gasteiger partial charge in [0.05, 0.1) is 25.5 Å². The van der Waals surface area contributed by atoms with Crippen molar-refractivity contribution in [1.82, 2.24) is 19.5 Å². The molecule has 1 atom stereocenters. The second-order valence-corrected chi connectivity index (χ2v) is 5.97. The Bertz CT molecular complexity index is 810. The maximum atomic E-state index is 12.4. The van der Waals surface area contributed by atoms with Crippen LogP contribution in [0.25, 0.3) is 5.65 Å². The number of morpholine rings is 1. The van der Waals surface area contributed by atoms with Crippen LogP contribution in [0.4, 0.5) is 0 Å². The molecular formula is C16H22N4O4. The number of ether oxygens (including phenoxy) is 2. The molecule has 0 radical (unpaired) electrons. The number of fused-ring (bicyclic) bond motifs is 1. The van der Waals surface area contributed by atoms with Gasteiger partial charge in [-0.1, -0.05) is 0 Å². The summed E-state index contributed by atoms with van der Waals surface area (Å²) in [7, 11) is 0. The number of carbonyl (C=O) groups is 1. The molecule has 0 aromatic carbocycles. The maximum Gasteiger partial charge on any atom is 0.343 e. The number of H-pyrrole nitrogens is 1. The lowest BCUT2D eigenvalue weighted by atomic mass is 10.2. The summed E-state index contributed by atoms with van der Waals surface area (Å²) in [5.74, 6) is -0.474. The molecule has 2 aromatic heterocycles. The van der Waals surface area contributed by atoms with Crippen LogP contribution >= 0.6 is 0 Å². The second-order valence-electron chi connectivity index (χ2n) is 5.97. The monoisotopic (exact) mass is 334 g/mol. The third kappa shape index (κ3) is 3.07. The zero-order valence-corrected chi connectivity index (χ0v) is 14.2. The molecule has 0 aliphatic carbocycles. The number of nitrogens with one attached hydrogen (secondary N) is 1. The van der Waals surface area contributed by atoms with Gasteiger partial charge in [-0.15, -0.1) is 0 Å². The van der Waals surface area contributed by atoms with Crippen molar-refractivity contribution >= 4 is 11.6 Å². The van der Waals surface area contributed by atoms with Gasteiger partial charge in [-0.2, -0.15) is 0 Å². The van der Waals surface area contributed by atoms with Gasteiger partial charge in [0, 0.05) is 30.9 Å². The molecule has 130 valence electrons. The van der Waals surface area contributed by atoms with Crippen LogP contribution < -0.4 is 5.56 Å². The van der Waals surface area contributed by atoms with Crippen LogP contribution in [0.15, 0.2) is 10.9 Å². The summed E-state index contributed by atoms with van der Waals surface area (Å²) >= 11 is 0. The molecule has 0 amide bonds. The van der Waals surface area contributed by atoms with Gasteiger partial charge in [-0.05, 0) is 20.8 Å². The fourth-order valence-electron chi connectivity index (χ4n) is 2.93. The van der Waals surface area contributed by atoms with Crippen molar-refractivity contribution in [3.63, 3.8) is 0 Å². The van der Waals surface area contributed by atoms with Crippen LogP contribution in [0, 0.1) is 6.92 Å². The minimum absolute atomic E-state index is 0.241. The molecular weight excluding hydrogens is 312 g/mol. The minimum Gasteiger partial charge on any atom is -0.462 e. The number of aromatic amines is 1. The van der Waals surface area contributed by atoms with Crippen molar-refractivity contribution in [3.05, 3.63) is 33.4 Å². The highest BCUT2D eigenvalue weighted by Gasteiger charge is 2.23. The number of carbonyl (C=O) groups excluding carboxylic acids is 1. The van der Waals surface area contributed by atoms with E-state index in [0.717, 1.165) is 6.54 Å². The minimum atomic E-state index is -0.474. The van der Waals surface area contributed by atoms with Gasteiger partial charge < -0.3 is 9.47 Å². The van der Waals surface area contributed by atoms with E-state index in [1.165, 1.54) is 10.6 Å². The van der Waals surface area contributed by atoms with E-state index in [1.807, 2.05) is 0 Å². The summed E-state index contributed by atoms with van der Waals surface area (Å²) in [6, 6.07) is 1.76. The number of rotatable bonds is 4. The number of aryl methyl sites for hydroxylation is 1. The lowest BCUT2D eigenvalue weighted by Crippen LogP contribution is -2.43. The van der Waals surface area contributed by atoms with E-state index in [2.05, 4.69) is 21.9 Å². The van der Waals surface area contributed by atoms with Gasteiger partial charge in [0.2, 0.25) is 0 Å². The number of hydrogen-bond acceptors (Lipinski definition) is 6. The topological polar surface area (TPSA) is 88.9 Å². The first kappa shape index (κ1) is 16.7. The van der Waals surface area contributed by atoms with Crippen molar-refractivity contribution in [1.29, 1.82) is 0 Å². The molecule has 8 heteroatoms. The Morgan fingerprint density at radius 3 is 3.04 bits per heavy atom. The van der Waals surface area contributed by atoms with Gasteiger partial charge in [0.1, 0.15) is 5.56 Å². The smallest absolute Gasteiger partial charge is 0.343 e. The van der Waals surface area contributed by atoms with E-state index in [1.54, 1.807) is 13.8 Å². The number of esters is 1. The van der Waals surface area contributed by atoms with Gasteiger partial charge in [0.15, 0.2) is 5.65 Å². The average Bonchev–Trinajstić information content (AvgIpc) is 2.87. The van der Waals surface area contributed by atoms with E-state index in [4.69, 9.17) is 9.47 Å². The van der Waals surface area contributed by atoms with Crippen molar-refractivity contribution in [2.75, 3.05) is 26.4 Å². The predicted molar refractivity (Wildman–Crippen MR) is 87.2 cm³/mol.